The Bertz CT molecular complexity index is 838. The van der Waals surface area contributed by atoms with Crippen LogP contribution in [0.25, 0.3) is 0 Å². The van der Waals surface area contributed by atoms with E-state index in [1.165, 1.54) is 0 Å². The van der Waals surface area contributed by atoms with E-state index in [4.69, 9.17) is 23.2 Å². The van der Waals surface area contributed by atoms with Crippen LogP contribution in [0, 0.1) is 0 Å². The number of carbonyl (C=O) groups excluding carboxylic acids is 1. The molecule has 28 heavy (non-hydrogen) atoms. The van der Waals surface area contributed by atoms with Crippen molar-refractivity contribution < 1.29 is 9.90 Å². The predicted octanol–water partition coefficient (Wildman–Crippen LogP) is 4.09. The third-order valence-electron chi connectivity index (χ3n) is 5.25. The second-order valence-corrected chi connectivity index (χ2v) is 7.93. The largest absolute Gasteiger partial charge is 0.506 e. The summed E-state index contributed by atoms with van der Waals surface area (Å²) in [5, 5.41) is 14.2. The molecule has 2 aromatic carbocycles. The first-order valence-electron chi connectivity index (χ1n) is 9.39. The number of benzene rings is 2. The summed E-state index contributed by atoms with van der Waals surface area (Å²) < 4.78 is 0. The fraction of sp³-hybridized carbons (Fsp3) is 0.381. The lowest BCUT2D eigenvalue weighted by Gasteiger charge is -2.39. The number of nitrogens with one attached hydrogen (secondary N) is 1. The minimum Gasteiger partial charge on any atom is -0.506 e. The van der Waals surface area contributed by atoms with Crippen molar-refractivity contribution in [2.45, 2.75) is 25.9 Å². The van der Waals surface area contributed by atoms with E-state index in [-0.39, 0.29) is 23.7 Å². The van der Waals surface area contributed by atoms with Crippen LogP contribution in [0.4, 0.5) is 5.69 Å². The minimum absolute atomic E-state index is 0.0328. The average molecular weight is 422 g/mol. The van der Waals surface area contributed by atoms with Gasteiger partial charge >= 0.3 is 0 Å². The number of aromatic hydroxyl groups is 1. The number of rotatable bonds is 5. The van der Waals surface area contributed by atoms with Gasteiger partial charge in [-0.2, -0.15) is 0 Å². The summed E-state index contributed by atoms with van der Waals surface area (Å²) in [5.41, 5.74) is 1.68. The molecule has 3 rings (SSSR count). The average Bonchev–Trinajstić information content (AvgIpc) is 2.67. The molecule has 7 heteroatoms. The zero-order chi connectivity index (χ0) is 20.3. The van der Waals surface area contributed by atoms with Crippen LogP contribution in [-0.4, -0.2) is 48.1 Å². The Hall–Kier alpha value is -1.95. The lowest BCUT2D eigenvalue weighted by atomic mass is 10.1. The van der Waals surface area contributed by atoms with Gasteiger partial charge in [0.1, 0.15) is 5.75 Å². The van der Waals surface area contributed by atoms with Crippen LogP contribution in [0.1, 0.15) is 25.5 Å². The van der Waals surface area contributed by atoms with Crippen molar-refractivity contribution >= 4 is 34.8 Å². The van der Waals surface area contributed by atoms with Gasteiger partial charge < -0.3 is 15.3 Å². The quantitative estimate of drug-likeness (QED) is 0.763. The minimum atomic E-state index is -0.250. The van der Waals surface area contributed by atoms with Crippen molar-refractivity contribution in [1.82, 2.24) is 10.2 Å². The number of hydrogen-bond donors (Lipinski definition) is 2. The molecule has 0 aliphatic carbocycles. The molecule has 1 fully saturated rings. The standard InChI is InChI=1S/C21H25Cl2N3O2/c1-14(17-8-7-16(22)13-18(17)23)24-21(28)15(2)25-9-11-26(12-10-25)19-5-3-4-6-20(19)27/h3-8,13-15,27H,9-12H2,1-2H3,(H,24,28). The molecule has 1 heterocycles. The molecule has 1 amide bonds. The van der Waals surface area contributed by atoms with E-state index < -0.39 is 0 Å². The van der Waals surface area contributed by atoms with Crippen LogP contribution in [0.15, 0.2) is 42.5 Å². The number of phenolic OH excluding ortho intramolecular Hbond substituents is 1. The summed E-state index contributed by atoms with van der Waals surface area (Å²) in [6.45, 7) is 6.84. The molecule has 1 aliphatic heterocycles. The molecule has 2 unspecified atom stereocenters. The second kappa shape index (κ2) is 9.03. The number of phenols is 1. The van der Waals surface area contributed by atoms with Crippen molar-refractivity contribution in [3.05, 3.63) is 58.1 Å². The Kier molecular flexibility index (Phi) is 6.70. The zero-order valence-corrected chi connectivity index (χ0v) is 17.5. The lowest BCUT2D eigenvalue weighted by molar-refractivity contribution is -0.126. The molecule has 150 valence electrons. The highest BCUT2D eigenvalue weighted by atomic mass is 35.5. The summed E-state index contributed by atoms with van der Waals surface area (Å²) in [4.78, 5) is 17.0. The van der Waals surface area contributed by atoms with Crippen LogP contribution < -0.4 is 10.2 Å². The topological polar surface area (TPSA) is 55.8 Å². The SMILES string of the molecule is CC(NC(=O)C(C)N1CCN(c2ccccc2O)CC1)c1ccc(Cl)cc1Cl. The second-order valence-electron chi connectivity index (χ2n) is 7.08. The van der Waals surface area contributed by atoms with Gasteiger partial charge in [0.25, 0.3) is 0 Å². The maximum absolute atomic E-state index is 12.7. The number of piperazine rings is 1. The summed E-state index contributed by atoms with van der Waals surface area (Å²) in [5.74, 6) is 0.255. The molecule has 0 saturated carbocycles. The van der Waals surface area contributed by atoms with Crippen molar-refractivity contribution in [1.29, 1.82) is 0 Å². The van der Waals surface area contributed by atoms with E-state index in [0.717, 1.165) is 37.4 Å². The fourth-order valence-electron chi connectivity index (χ4n) is 3.51. The first-order valence-corrected chi connectivity index (χ1v) is 10.1. The van der Waals surface area contributed by atoms with E-state index in [1.807, 2.05) is 38.1 Å². The van der Waals surface area contributed by atoms with Crippen molar-refractivity contribution in [3.8, 4) is 5.75 Å². The molecule has 2 aromatic rings. The molecule has 2 N–H and O–H groups in total. The normalized spacial score (nSPS) is 17.2. The van der Waals surface area contributed by atoms with Gasteiger partial charge in [-0.15, -0.1) is 0 Å². The molecular formula is C21H25Cl2N3O2. The third-order valence-corrected chi connectivity index (χ3v) is 5.81. The maximum atomic E-state index is 12.7. The van der Waals surface area contributed by atoms with Crippen molar-refractivity contribution in [3.63, 3.8) is 0 Å². The molecule has 1 saturated heterocycles. The Labute approximate surface area is 175 Å². The summed E-state index contributed by atoms with van der Waals surface area (Å²) in [6.07, 6.45) is 0. The first-order chi connectivity index (χ1) is 13.4. The Morgan fingerprint density at radius 2 is 1.75 bits per heavy atom. The van der Waals surface area contributed by atoms with E-state index >= 15 is 0 Å². The van der Waals surface area contributed by atoms with Gasteiger partial charge in [0, 0.05) is 36.2 Å². The van der Waals surface area contributed by atoms with Gasteiger partial charge in [-0.1, -0.05) is 41.4 Å². The van der Waals surface area contributed by atoms with E-state index in [2.05, 4.69) is 15.1 Å². The first kappa shape index (κ1) is 20.8. The summed E-state index contributed by atoms with van der Waals surface area (Å²) in [7, 11) is 0. The van der Waals surface area contributed by atoms with E-state index in [1.54, 1.807) is 18.2 Å². The highest BCUT2D eigenvalue weighted by molar-refractivity contribution is 6.35. The van der Waals surface area contributed by atoms with Gasteiger partial charge in [0.15, 0.2) is 0 Å². The number of hydrogen-bond acceptors (Lipinski definition) is 4. The molecule has 5 nitrogen and oxygen atoms in total. The van der Waals surface area contributed by atoms with Crippen LogP contribution in [0.5, 0.6) is 5.75 Å². The monoisotopic (exact) mass is 421 g/mol. The molecule has 0 bridgehead atoms. The lowest BCUT2D eigenvalue weighted by Crippen LogP contribution is -2.54. The molecule has 0 radical (unpaired) electrons. The number of carbonyl (C=O) groups is 1. The molecule has 0 aromatic heterocycles. The maximum Gasteiger partial charge on any atom is 0.237 e. The van der Waals surface area contributed by atoms with Crippen LogP contribution >= 0.6 is 23.2 Å². The Morgan fingerprint density at radius 3 is 2.39 bits per heavy atom. The van der Waals surface area contributed by atoms with Crippen molar-refractivity contribution in [2.75, 3.05) is 31.1 Å². The molecule has 0 spiro atoms. The molecular weight excluding hydrogens is 397 g/mol. The Balaban J connectivity index is 1.56. The van der Waals surface area contributed by atoms with E-state index in [0.29, 0.717) is 10.0 Å². The number of para-hydroxylation sites is 2. The number of halogens is 2. The molecule has 2 atom stereocenters. The summed E-state index contributed by atoms with van der Waals surface area (Å²) in [6, 6.07) is 12.2. The van der Waals surface area contributed by atoms with Gasteiger partial charge in [0.05, 0.1) is 17.8 Å². The molecule has 1 aliphatic rings. The highest BCUT2D eigenvalue weighted by Gasteiger charge is 2.27. The van der Waals surface area contributed by atoms with Gasteiger partial charge in [0.2, 0.25) is 5.91 Å². The van der Waals surface area contributed by atoms with Crippen LogP contribution in [0.2, 0.25) is 10.0 Å². The number of nitrogens with zero attached hydrogens (tertiary/aromatic N) is 2. The highest BCUT2D eigenvalue weighted by Crippen LogP contribution is 2.28. The number of amides is 1. The third kappa shape index (κ3) is 4.72. The van der Waals surface area contributed by atoms with Crippen molar-refractivity contribution in [2.24, 2.45) is 0 Å². The van der Waals surface area contributed by atoms with Crippen LogP contribution in [-0.2, 0) is 4.79 Å². The van der Waals surface area contributed by atoms with Gasteiger partial charge in [-0.3, -0.25) is 9.69 Å². The predicted molar refractivity (Wildman–Crippen MR) is 114 cm³/mol. The fourth-order valence-corrected chi connectivity index (χ4v) is 4.08. The smallest absolute Gasteiger partial charge is 0.237 e. The van der Waals surface area contributed by atoms with Gasteiger partial charge in [-0.05, 0) is 43.7 Å². The zero-order valence-electron chi connectivity index (χ0n) is 16.0. The van der Waals surface area contributed by atoms with E-state index in [9.17, 15) is 9.90 Å². The summed E-state index contributed by atoms with van der Waals surface area (Å²) >= 11 is 12.2. The number of anilines is 1. The van der Waals surface area contributed by atoms with Gasteiger partial charge in [-0.25, -0.2) is 0 Å². The Morgan fingerprint density at radius 1 is 1.07 bits per heavy atom. The van der Waals surface area contributed by atoms with Crippen LogP contribution in [0.3, 0.4) is 0 Å².